The van der Waals surface area contributed by atoms with Gasteiger partial charge in [0.25, 0.3) is 5.91 Å². The summed E-state index contributed by atoms with van der Waals surface area (Å²) in [5.74, 6) is -0.238. The van der Waals surface area contributed by atoms with Gasteiger partial charge in [0.2, 0.25) is 0 Å². The third-order valence-corrected chi connectivity index (χ3v) is 5.11. The van der Waals surface area contributed by atoms with Crippen LogP contribution in [0.3, 0.4) is 0 Å². The number of benzene rings is 3. The molecular formula is C23H18N2OS. The van der Waals surface area contributed by atoms with Crippen molar-refractivity contribution in [3.8, 4) is 16.9 Å². The average Bonchev–Trinajstić information content (AvgIpc) is 3.13. The third-order valence-electron chi connectivity index (χ3n) is 4.29. The van der Waals surface area contributed by atoms with E-state index in [4.69, 9.17) is 0 Å². The Morgan fingerprint density at radius 3 is 2.15 bits per heavy atom. The standard InChI is InChI=1S/C23H18N2OS/c1-17-12-14-18(15-13-17)21-16-27-23(25(21)20-10-6-3-7-11-20)24-22(26)19-8-4-2-5-9-19/h2-16H,1H3. The number of aryl methyl sites for hydroxylation is 1. The molecule has 0 fully saturated rings. The van der Waals surface area contributed by atoms with Crippen LogP contribution in [0.25, 0.3) is 16.9 Å². The molecule has 1 aromatic heterocycles. The van der Waals surface area contributed by atoms with Crippen LogP contribution in [0.1, 0.15) is 15.9 Å². The van der Waals surface area contributed by atoms with Crippen molar-refractivity contribution in [1.82, 2.24) is 4.57 Å². The second kappa shape index (κ2) is 7.56. The second-order valence-electron chi connectivity index (χ2n) is 6.22. The molecule has 0 bridgehead atoms. The van der Waals surface area contributed by atoms with Gasteiger partial charge in [-0.15, -0.1) is 11.3 Å². The summed E-state index contributed by atoms with van der Waals surface area (Å²) in [4.78, 5) is 17.7. The van der Waals surface area contributed by atoms with Gasteiger partial charge >= 0.3 is 0 Å². The molecule has 4 aromatic rings. The van der Waals surface area contributed by atoms with Crippen LogP contribution in [0.5, 0.6) is 0 Å². The third kappa shape index (κ3) is 3.66. The molecule has 132 valence electrons. The van der Waals surface area contributed by atoms with Gasteiger partial charge in [-0.3, -0.25) is 9.36 Å². The molecule has 3 nitrogen and oxygen atoms in total. The topological polar surface area (TPSA) is 34.4 Å². The molecule has 0 saturated carbocycles. The van der Waals surface area contributed by atoms with E-state index in [2.05, 4.69) is 41.6 Å². The van der Waals surface area contributed by atoms with Crippen LogP contribution in [0.4, 0.5) is 0 Å². The van der Waals surface area contributed by atoms with Gasteiger partial charge in [-0.2, -0.15) is 4.99 Å². The van der Waals surface area contributed by atoms with Crippen molar-refractivity contribution in [1.29, 1.82) is 0 Å². The summed E-state index contributed by atoms with van der Waals surface area (Å²) in [6.07, 6.45) is 0. The fourth-order valence-corrected chi connectivity index (χ4v) is 3.78. The molecule has 27 heavy (non-hydrogen) atoms. The number of hydrogen-bond acceptors (Lipinski definition) is 2. The van der Waals surface area contributed by atoms with E-state index in [0.717, 1.165) is 16.9 Å². The number of aromatic nitrogens is 1. The Morgan fingerprint density at radius 2 is 1.48 bits per heavy atom. The molecule has 1 amide bonds. The molecule has 0 spiro atoms. The number of amides is 1. The first-order valence-corrected chi connectivity index (χ1v) is 9.57. The fraction of sp³-hybridized carbons (Fsp3) is 0.0435. The van der Waals surface area contributed by atoms with Crippen LogP contribution in [0.2, 0.25) is 0 Å². The summed E-state index contributed by atoms with van der Waals surface area (Å²) in [6.45, 7) is 2.07. The van der Waals surface area contributed by atoms with E-state index in [0.29, 0.717) is 10.4 Å². The van der Waals surface area contributed by atoms with E-state index >= 15 is 0 Å². The van der Waals surface area contributed by atoms with E-state index in [9.17, 15) is 4.79 Å². The number of para-hydroxylation sites is 1. The number of nitrogens with zero attached hydrogens (tertiary/aromatic N) is 2. The smallest absolute Gasteiger partial charge is 0.279 e. The Morgan fingerprint density at radius 1 is 0.852 bits per heavy atom. The van der Waals surface area contributed by atoms with E-state index in [-0.39, 0.29) is 5.91 Å². The first-order valence-electron chi connectivity index (χ1n) is 8.69. The quantitative estimate of drug-likeness (QED) is 0.485. The molecule has 4 heteroatoms. The number of rotatable bonds is 3. The van der Waals surface area contributed by atoms with E-state index < -0.39 is 0 Å². The Bertz CT molecular complexity index is 1120. The maximum Gasteiger partial charge on any atom is 0.279 e. The summed E-state index contributed by atoms with van der Waals surface area (Å²) in [5, 5.41) is 2.05. The first kappa shape index (κ1) is 17.2. The highest BCUT2D eigenvalue weighted by atomic mass is 32.1. The Labute approximate surface area is 161 Å². The largest absolute Gasteiger partial charge is 0.285 e. The predicted molar refractivity (Wildman–Crippen MR) is 110 cm³/mol. The fourth-order valence-electron chi connectivity index (χ4n) is 2.87. The van der Waals surface area contributed by atoms with Gasteiger partial charge in [-0.1, -0.05) is 66.2 Å². The van der Waals surface area contributed by atoms with Gasteiger partial charge in [0.1, 0.15) is 0 Å². The van der Waals surface area contributed by atoms with Gasteiger partial charge in [0, 0.05) is 16.6 Å². The summed E-state index contributed by atoms with van der Waals surface area (Å²) in [6, 6.07) is 27.5. The molecule has 0 atom stereocenters. The van der Waals surface area contributed by atoms with Crippen LogP contribution in [0.15, 0.2) is 95.3 Å². The number of hydrogen-bond donors (Lipinski definition) is 0. The van der Waals surface area contributed by atoms with Gasteiger partial charge in [0.15, 0.2) is 4.80 Å². The molecule has 0 aliphatic carbocycles. The monoisotopic (exact) mass is 370 g/mol. The Balaban J connectivity index is 1.89. The van der Waals surface area contributed by atoms with Crippen molar-refractivity contribution in [2.45, 2.75) is 6.92 Å². The van der Waals surface area contributed by atoms with Crippen molar-refractivity contribution < 1.29 is 4.79 Å². The lowest BCUT2D eigenvalue weighted by atomic mass is 10.1. The van der Waals surface area contributed by atoms with Crippen molar-refractivity contribution in [2.24, 2.45) is 4.99 Å². The number of carbonyl (C=O) groups is 1. The minimum Gasteiger partial charge on any atom is -0.285 e. The highest BCUT2D eigenvalue weighted by molar-refractivity contribution is 7.07. The molecule has 0 N–H and O–H groups in total. The molecule has 0 saturated heterocycles. The van der Waals surface area contributed by atoms with Gasteiger partial charge in [-0.25, -0.2) is 0 Å². The zero-order valence-corrected chi connectivity index (χ0v) is 15.7. The lowest BCUT2D eigenvalue weighted by molar-refractivity contribution is 0.0998. The van der Waals surface area contributed by atoms with E-state index in [1.54, 1.807) is 12.1 Å². The van der Waals surface area contributed by atoms with Crippen molar-refractivity contribution in [2.75, 3.05) is 0 Å². The highest BCUT2D eigenvalue weighted by Gasteiger charge is 2.11. The highest BCUT2D eigenvalue weighted by Crippen LogP contribution is 2.24. The molecule has 0 radical (unpaired) electrons. The lowest BCUT2D eigenvalue weighted by Crippen LogP contribution is -2.16. The van der Waals surface area contributed by atoms with Crippen LogP contribution in [0, 0.1) is 6.92 Å². The maximum absolute atomic E-state index is 12.6. The molecule has 0 aliphatic rings. The van der Waals surface area contributed by atoms with Crippen molar-refractivity contribution >= 4 is 17.2 Å². The molecule has 0 aliphatic heterocycles. The van der Waals surface area contributed by atoms with Crippen molar-refractivity contribution in [3.63, 3.8) is 0 Å². The summed E-state index contributed by atoms with van der Waals surface area (Å²) < 4.78 is 2.04. The van der Waals surface area contributed by atoms with E-state index in [1.807, 2.05) is 53.1 Å². The maximum atomic E-state index is 12.6. The Kier molecular flexibility index (Phi) is 4.81. The van der Waals surface area contributed by atoms with E-state index in [1.165, 1.54) is 16.9 Å². The zero-order chi connectivity index (χ0) is 18.6. The Hall–Kier alpha value is -3.24. The minimum atomic E-state index is -0.238. The van der Waals surface area contributed by atoms with Crippen LogP contribution >= 0.6 is 11.3 Å². The van der Waals surface area contributed by atoms with Gasteiger partial charge < -0.3 is 0 Å². The molecular weight excluding hydrogens is 352 g/mol. The lowest BCUT2D eigenvalue weighted by Gasteiger charge is -2.09. The van der Waals surface area contributed by atoms with Crippen LogP contribution in [-0.4, -0.2) is 10.5 Å². The molecule has 4 rings (SSSR count). The van der Waals surface area contributed by atoms with Gasteiger partial charge in [0.05, 0.1) is 5.69 Å². The second-order valence-corrected chi connectivity index (χ2v) is 7.06. The number of thiazole rings is 1. The SMILES string of the molecule is Cc1ccc(-c2csc(=NC(=O)c3ccccc3)n2-c2ccccc2)cc1. The average molecular weight is 370 g/mol. The van der Waals surface area contributed by atoms with Crippen LogP contribution < -0.4 is 4.80 Å². The predicted octanol–water partition coefficient (Wildman–Crippen LogP) is 5.26. The first-order chi connectivity index (χ1) is 13.2. The molecule has 3 aromatic carbocycles. The zero-order valence-electron chi connectivity index (χ0n) is 14.9. The summed E-state index contributed by atoms with van der Waals surface area (Å²) in [5.41, 5.74) is 4.89. The molecule has 0 unspecified atom stereocenters. The van der Waals surface area contributed by atoms with Crippen molar-refractivity contribution in [3.05, 3.63) is 106 Å². The number of carbonyl (C=O) groups excluding carboxylic acids is 1. The summed E-state index contributed by atoms with van der Waals surface area (Å²) >= 11 is 1.47. The normalized spacial score (nSPS) is 11.5. The summed E-state index contributed by atoms with van der Waals surface area (Å²) in [7, 11) is 0. The molecule has 1 heterocycles. The van der Waals surface area contributed by atoms with Gasteiger partial charge in [-0.05, 0) is 36.8 Å². The minimum absolute atomic E-state index is 0.238. The van der Waals surface area contributed by atoms with Crippen LogP contribution in [-0.2, 0) is 0 Å².